The van der Waals surface area contributed by atoms with Crippen molar-refractivity contribution in [1.82, 2.24) is 5.32 Å². The number of amides is 1. The first-order valence-corrected chi connectivity index (χ1v) is 4.69. The summed E-state index contributed by atoms with van der Waals surface area (Å²) in [5, 5.41) is 4.87. The molecule has 2 aromatic carbocycles. The molecule has 0 saturated carbocycles. The van der Waals surface area contributed by atoms with Crippen LogP contribution < -0.4 is 5.32 Å². The maximum atomic E-state index is 10.3. The molecule has 1 N–H and O–H groups in total. The third-order valence-corrected chi connectivity index (χ3v) is 2.33. The van der Waals surface area contributed by atoms with E-state index in [1.807, 2.05) is 36.4 Å². The van der Waals surface area contributed by atoms with E-state index in [0.717, 1.165) is 10.9 Å². The fourth-order valence-corrected chi connectivity index (χ4v) is 1.53. The zero-order valence-electron chi connectivity index (χ0n) is 8.23. The van der Waals surface area contributed by atoms with E-state index in [1.165, 1.54) is 5.39 Å². The first-order chi connectivity index (χ1) is 7.31. The molecule has 2 nitrogen and oxygen atoms in total. The van der Waals surface area contributed by atoms with Gasteiger partial charge in [0.25, 0.3) is 0 Å². The molecular formula is C13H11NO. The summed E-state index contributed by atoms with van der Waals surface area (Å²) in [6, 6.07) is 14.0. The second kappa shape index (κ2) is 3.96. The predicted molar refractivity (Wildman–Crippen MR) is 62.2 cm³/mol. The predicted octanol–water partition coefficient (Wildman–Crippen LogP) is 2.56. The largest absolute Gasteiger partial charge is 0.329 e. The number of hydrogen-bond donors (Lipinski definition) is 1. The van der Waals surface area contributed by atoms with Crippen LogP contribution in [0.15, 0.2) is 49.0 Å². The maximum absolute atomic E-state index is 10.3. The summed E-state index contributed by atoms with van der Waals surface area (Å²) in [5.74, 6) is 0. The van der Waals surface area contributed by atoms with Crippen LogP contribution in [-0.2, 0) is 4.79 Å². The lowest BCUT2D eigenvalue weighted by molar-refractivity contribution is -0.108. The Morgan fingerprint density at radius 3 is 2.60 bits per heavy atom. The molecule has 2 aromatic rings. The van der Waals surface area contributed by atoms with E-state index >= 15 is 0 Å². The number of benzene rings is 2. The van der Waals surface area contributed by atoms with Crippen molar-refractivity contribution in [3.8, 4) is 0 Å². The van der Waals surface area contributed by atoms with Gasteiger partial charge in [0.15, 0.2) is 0 Å². The number of hydrogen-bond acceptors (Lipinski definition) is 1. The molecule has 74 valence electrons. The van der Waals surface area contributed by atoms with Gasteiger partial charge in [-0.25, -0.2) is 0 Å². The highest BCUT2D eigenvalue weighted by Crippen LogP contribution is 2.18. The average Bonchev–Trinajstić information content (AvgIpc) is 2.29. The Balaban J connectivity index is 2.46. The molecule has 0 radical (unpaired) electrons. The molecule has 0 saturated heterocycles. The molecule has 2 rings (SSSR count). The zero-order valence-corrected chi connectivity index (χ0v) is 8.23. The summed E-state index contributed by atoms with van der Waals surface area (Å²) >= 11 is 0. The summed E-state index contributed by atoms with van der Waals surface area (Å²) in [5.41, 5.74) is 1.55. The molecule has 0 spiro atoms. The summed E-state index contributed by atoms with van der Waals surface area (Å²) < 4.78 is 0. The molecule has 0 bridgehead atoms. The van der Waals surface area contributed by atoms with Crippen molar-refractivity contribution >= 4 is 22.9 Å². The van der Waals surface area contributed by atoms with Crippen LogP contribution in [0.25, 0.3) is 16.5 Å². The van der Waals surface area contributed by atoms with Gasteiger partial charge in [0.1, 0.15) is 0 Å². The summed E-state index contributed by atoms with van der Waals surface area (Å²) in [6.07, 6.45) is 0.636. The minimum absolute atomic E-state index is 0.621. The molecule has 0 atom stereocenters. The summed E-state index contributed by atoms with van der Waals surface area (Å²) in [4.78, 5) is 10.3. The van der Waals surface area contributed by atoms with E-state index in [0.29, 0.717) is 12.1 Å². The first-order valence-electron chi connectivity index (χ1n) is 4.69. The Bertz CT molecular complexity index is 517. The highest BCUT2D eigenvalue weighted by molar-refractivity contribution is 5.86. The number of nitrogens with one attached hydrogen (secondary N) is 1. The second-order valence-electron chi connectivity index (χ2n) is 3.30. The second-order valence-corrected chi connectivity index (χ2v) is 3.30. The zero-order chi connectivity index (χ0) is 10.7. The molecule has 0 aliphatic heterocycles. The molecule has 0 aliphatic carbocycles. The van der Waals surface area contributed by atoms with E-state index in [-0.39, 0.29) is 0 Å². The molecule has 1 amide bonds. The van der Waals surface area contributed by atoms with E-state index < -0.39 is 0 Å². The van der Waals surface area contributed by atoms with Crippen molar-refractivity contribution in [2.75, 3.05) is 0 Å². The molecule has 0 fully saturated rings. The number of rotatable bonds is 3. The van der Waals surface area contributed by atoms with Gasteiger partial charge in [-0.1, -0.05) is 43.0 Å². The van der Waals surface area contributed by atoms with Gasteiger partial charge in [-0.2, -0.15) is 0 Å². The molecule has 0 aliphatic rings. The van der Waals surface area contributed by atoms with Gasteiger partial charge < -0.3 is 5.32 Å². The van der Waals surface area contributed by atoms with Crippen molar-refractivity contribution in [3.63, 3.8) is 0 Å². The van der Waals surface area contributed by atoms with Crippen LogP contribution in [0.1, 0.15) is 5.56 Å². The summed E-state index contributed by atoms with van der Waals surface area (Å²) in [6.45, 7) is 3.78. The highest BCUT2D eigenvalue weighted by atomic mass is 16.1. The normalized spacial score (nSPS) is 9.87. The van der Waals surface area contributed by atoms with Gasteiger partial charge in [-0.05, 0) is 22.4 Å². The topological polar surface area (TPSA) is 29.1 Å². The third-order valence-electron chi connectivity index (χ3n) is 2.33. The highest BCUT2D eigenvalue weighted by Gasteiger charge is 1.98. The molecule has 0 heterocycles. The van der Waals surface area contributed by atoms with E-state index in [2.05, 4.69) is 18.0 Å². The van der Waals surface area contributed by atoms with E-state index in [4.69, 9.17) is 0 Å². The quantitative estimate of drug-likeness (QED) is 0.753. The van der Waals surface area contributed by atoms with Gasteiger partial charge in [0, 0.05) is 5.70 Å². The summed E-state index contributed by atoms with van der Waals surface area (Å²) in [7, 11) is 0. The maximum Gasteiger partial charge on any atom is 0.211 e. The standard InChI is InChI=1S/C13H11NO/c1-10(14-9-15)12-7-6-11-4-2-3-5-13(11)8-12/h2-9H,1H2,(H,14,15). The van der Waals surface area contributed by atoms with Crippen LogP contribution in [0.3, 0.4) is 0 Å². The Labute approximate surface area is 88.2 Å². The molecular weight excluding hydrogens is 186 g/mol. The Morgan fingerprint density at radius 1 is 1.13 bits per heavy atom. The lowest BCUT2D eigenvalue weighted by atomic mass is 10.1. The Kier molecular flexibility index (Phi) is 2.50. The minimum atomic E-state index is 0.621. The van der Waals surface area contributed by atoms with E-state index in [1.54, 1.807) is 0 Å². The Morgan fingerprint density at radius 2 is 1.87 bits per heavy atom. The molecule has 15 heavy (non-hydrogen) atoms. The van der Waals surface area contributed by atoms with Gasteiger partial charge in [-0.15, -0.1) is 0 Å². The number of carbonyl (C=O) groups excluding carboxylic acids is 1. The van der Waals surface area contributed by atoms with Crippen LogP contribution in [0.2, 0.25) is 0 Å². The van der Waals surface area contributed by atoms with Gasteiger partial charge in [-0.3, -0.25) is 4.79 Å². The lowest BCUT2D eigenvalue weighted by Crippen LogP contribution is -2.07. The van der Waals surface area contributed by atoms with Crippen molar-refractivity contribution < 1.29 is 4.79 Å². The van der Waals surface area contributed by atoms with Crippen molar-refractivity contribution in [1.29, 1.82) is 0 Å². The van der Waals surface area contributed by atoms with Crippen LogP contribution in [0.5, 0.6) is 0 Å². The molecule has 0 unspecified atom stereocenters. The van der Waals surface area contributed by atoms with Crippen molar-refractivity contribution in [3.05, 3.63) is 54.6 Å². The average molecular weight is 197 g/mol. The van der Waals surface area contributed by atoms with Crippen LogP contribution >= 0.6 is 0 Å². The SMILES string of the molecule is C=C(NC=O)c1ccc2ccccc2c1. The first kappa shape index (κ1) is 9.46. The third kappa shape index (κ3) is 1.89. The Hall–Kier alpha value is -2.09. The molecule has 2 heteroatoms. The fraction of sp³-hybridized carbons (Fsp3) is 0. The van der Waals surface area contributed by atoms with Crippen molar-refractivity contribution in [2.45, 2.75) is 0 Å². The van der Waals surface area contributed by atoms with Crippen molar-refractivity contribution in [2.24, 2.45) is 0 Å². The van der Waals surface area contributed by atoms with E-state index in [9.17, 15) is 4.79 Å². The van der Waals surface area contributed by atoms with Gasteiger partial charge >= 0.3 is 0 Å². The minimum Gasteiger partial charge on any atom is -0.329 e. The van der Waals surface area contributed by atoms with Gasteiger partial charge in [0.05, 0.1) is 0 Å². The van der Waals surface area contributed by atoms with Crippen LogP contribution in [-0.4, -0.2) is 6.41 Å². The monoisotopic (exact) mass is 197 g/mol. The van der Waals surface area contributed by atoms with Crippen LogP contribution in [0, 0.1) is 0 Å². The fourth-order valence-electron chi connectivity index (χ4n) is 1.53. The van der Waals surface area contributed by atoms with Gasteiger partial charge in [0.2, 0.25) is 6.41 Å². The smallest absolute Gasteiger partial charge is 0.211 e. The number of carbonyl (C=O) groups is 1. The lowest BCUT2D eigenvalue weighted by Gasteiger charge is -2.05. The number of fused-ring (bicyclic) bond motifs is 1. The van der Waals surface area contributed by atoms with Crippen LogP contribution in [0.4, 0.5) is 0 Å². The molecule has 0 aromatic heterocycles.